The Labute approximate surface area is 187 Å². The van der Waals surface area contributed by atoms with Crippen LogP contribution in [0.3, 0.4) is 0 Å². The molecule has 1 N–H and O–H groups in total. The van der Waals surface area contributed by atoms with Gasteiger partial charge in [0.05, 0.1) is 17.6 Å². The van der Waals surface area contributed by atoms with E-state index in [1.165, 1.54) is 23.9 Å². The molecule has 3 heterocycles. The van der Waals surface area contributed by atoms with Crippen LogP contribution in [0.25, 0.3) is 17.3 Å². The smallest absolute Gasteiger partial charge is 0.236 e. The van der Waals surface area contributed by atoms with Crippen molar-refractivity contribution in [2.75, 3.05) is 11.1 Å². The second-order valence-corrected chi connectivity index (χ2v) is 7.98. The maximum absolute atomic E-state index is 13.4. The molecule has 3 aromatic heterocycles. The number of carbonyl (C=O) groups excluding carboxylic acids is 1. The quantitative estimate of drug-likeness (QED) is 0.441. The van der Waals surface area contributed by atoms with E-state index in [2.05, 4.69) is 21.6 Å². The number of halogens is 1. The van der Waals surface area contributed by atoms with Crippen molar-refractivity contribution in [3.63, 3.8) is 0 Å². The highest BCUT2D eigenvalue weighted by Crippen LogP contribution is 2.30. The van der Waals surface area contributed by atoms with Crippen LogP contribution in [0.5, 0.6) is 0 Å². The van der Waals surface area contributed by atoms with Crippen LogP contribution in [0, 0.1) is 31.0 Å². The van der Waals surface area contributed by atoms with E-state index in [9.17, 15) is 14.4 Å². The van der Waals surface area contributed by atoms with Gasteiger partial charge in [-0.15, -0.1) is 10.2 Å². The van der Waals surface area contributed by atoms with E-state index in [0.29, 0.717) is 33.8 Å². The summed E-state index contributed by atoms with van der Waals surface area (Å²) in [6, 6.07) is 11.6. The van der Waals surface area contributed by atoms with Crippen molar-refractivity contribution >= 4 is 23.5 Å². The van der Waals surface area contributed by atoms with Crippen molar-refractivity contribution in [2.24, 2.45) is 7.05 Å². The summed E-state index contributed by atoms with van der Waals surface area (Å²) in [6.45, 7) is 3.66. The van der Waals surface area contributed by atoms with Crippen LogP contribution in [0.15, 0.2) is 52.2 Å². The van der Waals surface area contributed by atoms with Gasteiger partial charge in [-0.05, 0) is 55.8 Å². The number of benzene rings is 1. The maximum Gasteiger partial charge on any atom is 0.236 e. The SMILES string of the molecule is Cc1c(C#N)c(NC(=O)CSc2nnc(-c3ccco3)n2C)n(-c2ccc(F)cc2)c1C. The largest absolute Gasteiger partial charge is 0.461 e. The third-order valence-corrected chi connectivity index (χ3v) is 6.10. The molecule has 0 radical (unpaired) electrons. The van der Waals surface area contributed by atoms with E-state index >= 15 is 0 Å². The molecule has 1 aromatic carbocycles. The number of nitriles is 1. The maximum atomic E-state index is 13.4. The molecule has 0 bridgehead atoms. The lowest BCUT2D eigenvalue weighted by atomic mass is 10.2. The zero-order valence-corrected chi connectivity index (χ0v) is 18.4. The molecule has 162 valence electrons. The van der Waals surface area contributed by atoms with Crippen LogP contribution >= 0.6 is 11.8 Å². The minimum atomic E-state index is -0.365. The lowest BCUT2D eigenvalue weighted by Gasteiger charge is -2.13. The van der Waals surface area contributed by atoms with Crippen molar-refractivity contribution in [2.45, 2.75) is 19.0 Å². The molecule has 0 atom stereocenters. The van der Waals surface area contributed by atoms with Gasteiger partial charge in [-0.2, -0.15) is 5.26 Å². The van der Waals surface area contributed by atoms with Gasteiger partial charge in [0.1, 0.15) is 17.7 Å². The molecule has 10 heteroatoms. The van der Waals surface area contributed by atoms with Crippen LogP contribution in [0.1, 0.15) is 16.8 Å². The molecule has 8 nitrogen and oxygen atoms in total. The number of thioether (sulfide) groups is 1. The Bertz CT molecular complexity index is 1320. The minimum Gasteiger partial charge on any atom is -0.461 e. The van der Waals surface area contributed by atoms with E-state index in [4.69, 9.17) is 4.42 Å². The summed E-state index contributed by atoms with van der Waals surface area (Å²) in [5.41, 5.74) is 2.54. The van der Waals surface area contributed by atoms with Gasteiger partial charge in [-0.3, -0.25) is 9.36 Å². The fourth-order valence-electron chi connectivity index (χ4n) is 3.33. The third-order valence-electron chi connectivity index (χ3n) is 5.08. The molecule has 32 heavy (non-hydrogen) atoms. The molecule has 4 aromatic rings. The first-order valence-corrected chi connectivity index (χ1v) is 10.6. The average Bonchev–Trinajstić information content (AvgIpc) is 3.48. The second kappa shape index (κ2) is 8.72. The summed E-state index contributed by atoms with van der Waals surface area (Å²) in [5.74, 6) is 0.875. The van der Waals surface area contributed by atoms with Crippen LogP contribution in [-0.2, 0) is 11.8 Å². The van der Waals surface area contributed by atoms with Crippen molar-refractivity contribution < 1.29 is 13.6 Å². The van der Waals surface area contributed by atoms with Gasteiger partial charge >= 0.3 is 0 Å². The Hall–Kier alpha value is -3.84. The van der Waals surface area contributed by atoms with Crippen LogP contribution in [0.2, 0.25) is 0 Å². The van der Waals surface area contributed by atoms with E-state index in [-0.39, 0.29) is 17.5 Å². The van der Waals surface area contributed by atoms with Gasteiger partial charge in [-0.1, -0.05) is 11.8 Å². The molecule has 0 unspecified atom stereocenters. The number of nitrogens with zero attached hydrogens (tertiary/aromatic N) is 5. The number of furan rings is 1. The first-order chi connectivity index (χ1) is 15.4. The van der Waals surface area contributed by atoms with Gasteiger partial charge in [0, 0.05) is 18.4 Å². The van der Waals surface area contributed by atoms with Crippen LogP contribution < -0.4 is 5.32 Å². The lowest BCUT2D eigenvalue weighted by Crippen LogP contribution is -2.18. The zero-order valence-electron chi connectivity index (χ0n) is 17.6. The van der Waals surface area contributed by atoms with Crippen molar-refractivity contribution in [1.29, 1.82) is 5.26 Å². The molecule has 1 amide bonds. The van der Waals surface area contributed by atoms with E-state index in [1.54, 1.807) is 46.7 Å². The molecular weight excluding hydrogens is 431 g/mol. The zero-order chi connectivity index (χ0) is 22.8. The molecule has 0 fully saturated rings. The van der Waals surface area contributed by atoms with E-state index in [0.717, 1.165) is 11.3 Å². The highest BCUT2D eigenvalue weighted by atomic mass is 32.2. The number of rotatable bonds is 6. The monoisotopic (exact) mass is 450 g/mol. The molecule has 0 aliphatic rings. The first-order valence-electron chi connectivity index (χ1n) is 9.64. The summed E-state index contributed by atoms with van der Waals surface area (Å²) in [5, 5.41) is 21.3. The lowest BCUT2D eigenvalue weighted by molar-refractivity contribution is -0.113. The summed E-state index contributed by atoms with van der Waals surface area (Å²) < 4.78 is 22.2. The number of nitrogens with one attached hydrogen (secondary N) is 1. The normalized spacial score (nSPS) is 10.8. The molecule has 0 aliphatic carbocycles. The number of anilines is 1. The third kappa shape index (κ3) is 3.90. The number of hydrogen-bond donors (Lipinski definition) is 1. The number of hydrogen-bond acceptors (Lipinski definition) is 6. The summed E-state index contributed by atoms with van der Waals surface area (Å²) >= 11 is 1.21. The predicted octanol–water partition coefficient (Wildman–Crippen LogP) is 4.22. The van der Waals surface area contributed by atoms with E-state index < -0.39 is 0 Å². The van der Waals surface area contributed by atoms with Crippen molar-refractivity contribution in [3.8, 4) is 23.3 Å². The molecule has 0 saturated carbocycles. The Kier molecular flexibility index (Phi) is 5.83. The number of carbonyl (C=O) groups is 1. The highest BCUT2D eigenvalue weighted by Gasteiger charge is 2.21. The Balaban J connectivity index is 1.56. The standard InChI is InChI=1S/C22H19FN6O2S/c1-13-14(2)29(16-8-6-15(23)7-9-16)20(17(13)11-24)25-19(30)12-32-22-27-26-21(28(22)3)18-5-4-10-31-18/h4-10H,12H2,1-3H3,(H,25,30). The van der Waals surface area contributed by atoms with Crippen LogP contribution in [0.4, 0.5) is 10.2 Å². The summed E-state index contributed by atoms with van der Waals surface area (Å²) in [6.07, 6.45) is 1.55. The molecular formula is C22H19FN6O2S. The Morgan fingerprint density at radius 2 is 2.00 bits per heavy atom. The summed E-state index contributed by atoms with van der Waals surface area (Å²) in [4.78, 5) is 12.8. The molecule has 4 rings (SSSR count). The van der Waals surface area contributed by atoms with Gasteiger partial charge < -0.3 is 14.3 Å². The first kappa shape index (κ1) is 21.4. The highest BCUT2D eigenvalue weighted by molar-refractivity contribution is 7.99. The van der Waals surface area contributed by atoms with Crippen molar-refractivity contribution in [1.82, 2.24) is 19.3 Å². The van der Waals surface area contributed by atoms with Gasteiger partial charge in [0.15, 0.2) is 16.7 Å². The van der Waals surface area contributed by atoms with Gasteiger partial charge in [0.2, 0.25) is 5.91 Å². The second-order valence-electron chi connectivity index (χ2n) is 7.04. The molecule has 0 spiro atoms. The molecule has 0 aliphatic heterocycles. The fraction of sp³-hybridized carbons (Fsp3) is 0.182. The van der Waals surface area contributed by atoms with Crippen molar-refractivity contribution in [3.05, 3.63) is 65.3 Å². The average molecular weight is 450 g/mol. The van der Waals surface area contributed by atoms with Gasteiger partial charge in [0.25, 0.3) is 0 Å². The fourth-order valence-corrected chi connectivity index (χ4v) is 4.04. The Morgan fingerprint density at radius 3 is 2.66 bits per heavy atom. The minimum absolute atomic E-state index is 0.0572. The predicted molar refractivity (Wildman–Crippen MR) is 118 cm³/mol. The number of aromatic nitrogens is 4. The topological polar surface area (TPSA) is 102 Å². The summed E-state index contributed by atoms with van der Waals surface area (Å²) in [7, 11) is 1.79. The Morgan fingerprint density at radius 1 is 1.25 bits per heavy atom. The van der Waals surface area contributed by atoms with Gasteiger partial charge in [-0.25, -0.2) is 4.39 Å². The molecule has 0 saturated heterocycles. The van der Waals surface area contributed by atoms with Crippen LogP contribution in [-0.4, -0.2) is 31.0 Å². The van der Waals surface area contributed by atoms with E-state index in [1.807, 2.05) is 13.8 Å². The number of amides is 1.